The molecule has 7 heteroatoms. The van der Waals surface area contributed by atoms with Crippen molar-refractivity contribution in [3.63, 3.8) is 0 Å². The molecule has 2 aliphatic rings. The molecular weight excluding hydrogens is 398 g/mol. The van der Waals surface area contributed by atoms with Crippen LogP contribution >= 0.6 is 0 Å². The lowest BCUT2D eigenvalue weighted by Gasteiger charge is -2.21. The van der Waals surface area contributed by atoms with E-state index in [-0.39, 0.29) is 11.5 Å². The van der Waals surface area contributed by atoms with Gasteiger partial charge in [-0.25, -0.2) is 8.42 Å². The number of nitrogens with zero attached hydrogens (tertiary/aromatic N) is 3. The Morgan fingerprint density at radius 2 is 1.70 bits per heavy atom. The smallest absolute Gasteiger partial charge is 0.245 e. The fraction of sp³-hybridized carbons (Fsp3) is 0.391. The minimum atomic E-state index is -3.61. The first-order chi connectivity index (χ1) is 14.6. The van der Waals surface area contributed by atoms with Gasteiger partial charge in [0.15, 0.2) is 5.82 Å². The summed E-state index contributed by atoms with van der Waals surface area (Å²) in [6.07, 6.45) is 5.45. The second kappa shape index (κ2) is 7.63. The van der Waals surface area contributed by atoms with Gasteiger partial charge in [-0.3, -0.25) is 0 Å². The monoisotopic (exact) mass is 423 g/mol. The molecule has 2 fully saturated rings. The Morgan fingerprint density at radius 3 is 2.40 bits per heavy atom. The van der Waals surface area contributed by atoms with E-state index in [1.54, 1.807) is 28.6 Å². The van der Waals surface area contributed by atoms with Crippen LogP contribution in [0.4, 0.5) is 0 Å². The van der Waals surface area contributed by atoms with Crippen molar-refractivity contribution < 1.29 is 12.9 Å². The summed E-state index contributed by atoms with van der Waals surface area (Å²) in [6.45, 7) is 0.528. The van der Waals surface area contributed by atoms with E-state index >= 15 is 0 Å². The van der Waals surface area contributed by atoms with E-state index in [0.717, 1.165) is 32.1 Å². The summed E-state index contributed by atoms with van der Waals surface area (Å²) in [4.78, 5) is 4.91. The van der Waals surface area contributed by atoms with Crippen LogP contribution in [-0.4, -0.2) is 29.4 Å². The Bertz CT molecular complexity index is 1110. The highest BCUT2D eigenvalue weighted by molar-refractivity contribution is 7.89. The molecule has 0 radical (unpaired) electrons. The lowest BCUT2D eigenvalue weighted by atomic mass is 10.0. The fourth-order valence-corrected chi connectivity index (χ4v) is 6.06. The van der Waals surface area contributed by atoms with Crippen LogP contribution in [0.5, 0.6) is 0 Å². The maximum Gasteiger partial charge on any atom is 0.245 e. The Hall–Kier alpha value is -2.51. The highest BCUT2D eigenvalue weighted by atomic mass is 32.2. The summed E-state index contributed by atoms with van der Waals surface area (Å²) in [7, 11) is -3.61. The predicted octanol–water partition coefficient (Wildman–Crippen LogP) is 4.16. The lowest BCUT2D eigenvalue weighted by Crippen LogP contribution is -2.31. The predicted molar refractivity (Wildman–Crippen MR) is 112 cm³/mol. The third-order valence-corrected chi connectivity index (χ3v) is 8.12. The molecule has 0 amide bonds. The topological polar surface area (TPSA) is 76.3 Å². The molecule has 1 aliphatic heterocycles. The summed E-state index contributed by atoms with van der Waals surface area (Å²) in [5.41, 5.74) is 1.36. The molecule has 5 rings (SSSR count). The van der Waals surface area contributed by atoms with Gasteiger partial charge in [-0.15, -0.1) is 0 Å². The molecule has 1 saturated carbocycles. The largest absolute Gasteiger partial charge is 0.338 e. The van der Waals surface area contributed by atoms with Crippen molar-refractivity contribution in [3.8, 4) is 0 Å². The van der Waals surface area contributed by atoms with E-state index < -0.39 is 10.0 Å². The lowest BCUT2D eigenvalue weighted by molar-refractivity contribution is 0.289. The van der Waals surface area contributed by atoms with Gasteiger partial charge in [0.2, 0.25) is 15.9 Å². The molecule has 0 bridgehead atoms. The molecular formula is C23H25N3O3S. The van der Waals surface area contributed by atoms with E-state index in [1.807, 2.05) is 24.3 Å². The molecule has 0 N–H and O–H groups in total. The van der Waals surface area contributed by atoms with Crippen molar-refractivity contribution in [2.24, 2.45) is 5.41 Å². The van der Waals surface area contributed by atoms with Gasteiger partial charge in [-0.05, 0) is 55.2 Å². The van der Waals surface area contributed by atoms with Crippen LogP contribution in [0, 0.1) is 5.41 Å². The van der Waals surface area contributed by atoms with Gasteiger partial charge >= 0.3 is 0 Å². The third-order valence-electron chi connectivity index (χ3n) is 6.25. The third kappa shape index (κ3) is 3.79. The average Bonchev–Trinajstić information content (AvgIpc) is 3.18. The SMILES string of the molecule is O=S(=O)(c1ccccc1)N1CC2(CC2)C[C@H]1c1nc(CCCc2ccccc2)no1. The van der Waals surface area contributed by atoms with Gasteiger partial charge in [-0.1, -0.05) is 53.7 Å². The van der Waals surface area contributed by atoms with E-state index in [2.05, 4.69) is 22.3 Å². The molecule has 2 aromatic carbocycles. The zero-order valence-corrected chi connectivity index (χ0v) is 17.6. The van der Waals surface area contributed by atoms with Crippen LogP contribution in [0.3, 0.4) is 0 Å². The van der Waals surface area contributed by atoms with Crippen LogP contribution < -0.4 is 0 Å². The highest BCUT2D eigenvalue weighted by Crippen LogP contribution is 2.59. The molecule has 30 heavy (non-hydrogen) atoms. The highest BCUT2D eigenvalue weighted by Gasteiger charge is 2.57. The molecule has 1 aromatic heterocycles. The summed E-state index contributed by atoms with van der Waals surface area (Å²) >= 11 is 0. The van der Waals surface area contributed by atoms with Gasteiger partial charge in [-0.2, -0.15) is 9.29 Å². The van der Waals surface area contributed by atoms with Crippen molar-refractivity contribution in [3.05, 3.63) is 77.9 Å². The standard InChI is InChI=1S/C23H25N3O3S/c27-30(28,19-11-5-2-6-12-19)26-17-23(14-15-23)16-20(26)22-24-21(25-29-22)13-7-10-18-8-3-1-4-9-18/h1-6,8-9,11-12,20H,7,10,13-17H2/t20-/m0/s1. The van der Waals surface area contributed by atoms with Gasteiger partial charge in [0, 0.05) is 13.0 Å². The van der Waals surface area contributed by atoms with Crippen molar-refractivity contribution in [2.75, 3.05) is 6.54 Å². The molecule has 6 nitrogen and oxygen atoms in total. The molecule has 1 spiro atoms. The van der Waals surface area contributed by atoms with Crippen LogP contribution in [0.2, 0.25) is 0 Å². The number of aryl methyl sites for hydroxylation is 2. The molecule has 0 unspecified atom stereocenters. The first-order valence-corrected chi connectivity index (χ1v) is 11.9. The number of aromatic nitrogens is 2. The molecule has 1 aliphatic carbocycles. The second-order valence-corrected chi connectivity index (χ2v) is 10.4. The summed E-state index contributed by atoms with van der Waals surface area (Å²) in [6, 6.07) is 18.6. The van der Waals surface area contributed by atoms with Crippen molar-refractivity contribution in [1.82, 2.24) is 14.4 Å². The van der Waals surface area contributed by atoms with Crippen LogP contribution in [-0.2, 0) is 22.9 Å². The van der Waals surface area contributed by atoms with Gasteiger partial charge in [0.05, 0.1) is 4.90 Å². The summed E-state index contributed by atoms with van der Waals surface area (Å²) in [5.74, 6) is 1.07. The number of hydrogen-bond acceptors (Lipinski definition) is 5. The van der Waals surface area contributed by atoms with Crippen molar-refractivity contribution >= 4 is 10.0 Å². The van der Waals surface area contributed by atoms with E-state index in [0.29, 0.717) is 29.6 Å². The second-order valence-electron chi connectivity index (χ2n) is 8.47. The average molecular weight is 424 g/mol. The minimum absolute atomic E-state index is 0.0778. The molecule has 3 aromatic rings. The number of hydrogen-bond donors (Lipinski definition) is 0. The molecule has 1 saturated heterocycles. The maximum absolute atomic E-state index is 13.3. The molecule has 1 atom stereocenters. The summed E-state index contributed by atoms with van der Waals surface area (Å²) < 4.78 is 33.8. The van der Waals surface area contributed by atoms with Crippen molar-refractivity contribution in [1.29, 1.82) is 0 Å². The minimum Gasteiger partial charge on any atom is -0.338 e. The van der Waals surface area contributed by atoms with E-state index in [4.69, 9.17) is 4.52 Å². The van der Waals surface area contributed by atoms with E-state index in [1.165, 1.54) is 5.56 Å². The first-order valence-electron chi connectivity index (χ1n) is 10.5. The zero-order valence-electron chi connectivity index (χ0n) is 16.8. The van der Waals surface area contributed by atoms with Crippen LogP contribution in [0.25, 0.3) is 0 Å². The fourth-order valence-electron chi connectivity index (χ4n) is 4.35. The first kappa shape index (κ1) is 19.5. The maximum atomic E-state index is 13.3. The van der Waals surface area contributed by atoms with E-state index in [9.17, 15) is 8.42 Å². The van der Waals surface area contributed by atoms with Crippen LogP contribution in [0.15, 0.2) is 70.1 Å². The zero-order chi connectivity index (χ0) is 20.6. The van der Waals surface area contributed by atoms with Crippen LogP contribution in [0.1, 0.15) is 49.0 Å². The van der Waals surface area contributed by atoms with Gasteiger partial charge in [0.1, 0.15) is 6.04 Å². The number of benzene rings is 2. The van der Waals surface area contributed by atoms with Crippen molar-refractivity contribution in [2.45, 2.75) is 49.5 Å². The Morgan fingerprint density at radius 1 is 1.00 bits per heavy atom. The quantitative estimate of drug-likeness (QED) is 0.570. The molecule has 2 heterocycles. The Kier molecular flexibility index (Phi) is 4.95. The number of sulfonamides is 1. The Labute approximate surface area is 177 Å². The van der Waals surface area contributed by atoms with Gasteiger partial charge in [0.25, 0.3) is 0 Å². The normalized spacial score (nSPS) is 20.6. The van der Waals surface area contributed by atoms with Gasteiger partial charge < -0.3 is 4.52 Å². The number of rotatable bonds is 7. The Balaban J connectivity index is 1.32. The molecule has 156 valence electrons. The summed E-state index contributed by atoms with van der Waals surface area (Å²) in [5, 5.41) is 4.14.